The van der Waals surface area contributed by atoms with Gasteiger partial charge in [0, 0.05) is 17.8 Å². The Morgan fingerprint density at radius 1 is 1.50 bits per heavy atom. The maximum atomic E-state index is 11.6. The fourth-order valence-electron chi connectivity index (χ4n) is 1.55. The largest absolute Gasteiger partial charge is 0.353 e. The van der Waals surface area contributed by atoms with Crippen LogP contribution in [0.15, 0.2) is 0 Å². The number of carbonyl (C=O) groups is 1. The summed E-state index contributed by atoms with van der Waals surface area (Å²) < 4.78 is 0. The number of amides is 1. The van der Waals surface area contributed by atoms with Crippen LogP contribution in [0, 0.1) is 11.8 Å². The standard InChI is InChI=1S/C11H20BrNO/c1-8(7-12)9(2)13-11(14)6-10-4-3-5-10/h8-10H,3-7H2,1-2H3,(H,13,14). The Bertz CT molecular complexity index is 192. The summed E-state index contributed by atoms with van der Waals surface area (Å²) in [6, 6.07) is 0.280. The predicted molar refractivity (Wildman–Crippen MR) is 62.5 cm³/mol. The van der Waals surface area contributed by atoms with Crippen LogP contribution in [0.5, 0.6) is 0 Å². The molecule has 1 aliphatic carbocycles. The molecule has 0 saturated heterocycles. The van der Waals surface area contributed by atoms with Crippen LogP contribution >= 0.6 is 15.9 Å². The average molecular weight is 262 g/mol. The summed E-state index contributed by atoms with van der Waals surface area (Å²) in [6.45, 7) is 4.22. The Labute approximate surface area is 95.0 Å². The number of hydrogen-bond acceptors (Lipinski definition) is 1. The molecule has 1 rings (SSSR count). The van der Waals surface area contributed by atoms with Gasteiger partial charge in [0.05, 0.1) is 0 Å². The molecule has 0 aromatic heterocycles. The zero-order valence-electron chi connectivity index (χ0n) is 9.05. The SMILES string of the molecule is CC(CBr)C(C)NC(=O)CC1CCC1. The van der Waals surface area contributed by atoms with E-state index in [2.05, 4.69) is 35.1 Å². The van der Waals surface area contributed by atoms with Gasteiger partial charge >= 0.3 is 0 Å². The van der Waals surface area contributed by atoms with Gasteiger partial charge in [-0.3, -0.25) is 4.79 Å². The lowest BCUT2D eigenvalue weighted by Crippen LogP contribution is -2.39. The Morgan fingerprint density at radius 3 is 2.57 bits per heavy atom. The van der Waals surface area contributed by atoms with Crippen LogP contribution < -0.4 is 5.32 Å². The highest BCUT2D eigenvalue weighted by Gasteiger charge is 2.22. The Morgan fingerprint density at radius 2 is 2.14 bits per heavy atom. The molecule has 82 valence electrons. The molecule has 0 bridgehead atoms. The number of hydrogen-bond donors (Lipinski definition) is 1. The molecule has 0 heterocycles. The highest BCUT2D eigenvalue weighted by atomic mass is 79.9. The minimum absolute atomic E-state index is 0.231. The summed E-state index contributed by atoms with van der Waals surface area (Å²) in [5.74, 6) is 1.40. The predicted octanol–water partition coefficient (Wildman–Crippen LogP) is 2.71. The van der Waals surface area contributed by atoms with E-state index < -0.39 is 0 Å². The molecule has 1 N–H and O–H groups in total. The quantitative estimate of drug-likeness (QED) is 0.758. The van der Waals surface area contributed by atoms with Crippen molar-refractivity contribution in [3.05, 3.63) is 0 Å². The summed E-state index contributed by atoms with van der Waals surface area (Å²) in [7, 11) is 0. The fraction of sp³-hybridized carbons (Fsp3) is 0.909. The lowest BCUT2D eigenvalue weighted by Gasteiger charge is -2.26. The van der Waals surface area contributed by atoms with Crippen molar-refractivity contribution in [1.29, 1.82) is 0 Å². The van der Waals surface area contributed by atoms with Crippen molar-refractivity contribution in [1.82, 2.24) is 5.32 Å². The number of alkyl halides is 1. The molecule has 2 atom stereocenters. The van der Waals surface area contributed by atoms with E-state index in [0.717, 1.165) is 11.8 Å². The molecule has 1 saturated carbocycles. The third-order valence-electron chi connectivity index (χ3n) is 3.18. The van der Waals surface area contributed by atoms with E-state index in [1.165, 1.54) is 19.3 Å². The monoisotopic (exact) mass is 261 g/mol. The summed E-state index contributed by atoms with van der Waals surface area (Å²) in [5, 5.41) is 4.00. The Hall–Kier alpha value is -0.0500. The summed E-state index contributed by atoms with van der Waals surface area (Å²) in [5.41, 5.74) is 0. The van der Waals surface area contributed by atoms with Gasteiger partial charge in [-0.2, -0.15) is 0 Å². The van der Waals surface area contributed by atoms with Crippen molar-refractivity contribution in [2.75, 3.05) is 5.33 Å². The second kappa shape index (κ2) is 5.74. The van der Waals surface area contributed by atoms with Crippen molar-refractivity contribution >= 4 is 21.8 Å². The fourth-order valence-corrected chi connectivity index (χ4v) is 2.11. The molecule has 2 nitrogen and oxygen atoms in total. The van der Waals surface area contributed by atoms with Crippen molar-refractivity contribution in [2.24, 2.45) is 11.8 Å². The molecule has 0 aromatic rings. The molecular formula is C11H20BrNO. The number of nitrogens with one attached hydrogen (secondary N) is 1. The molecular weight excluding hydrogens is 242 g/mol. The summed E-state index contributed by atoms with van der Waals surface area (Å²) >= 11 is 3.43. The first-order valence-corrected chi connectivity index (χ1v) is 6.61. The van der Waals surface area contributed by atoms with E-state index in [-0.39, 0.29) is 11.9 Å². The smallest absolute Gasteiger partial charge is 0.220 e. The van der Waals surface area contributed by atoms with Gasteiger partial charge < -0.3 is 5.32 Å². The van der Waals surface area contributed by atoms with E-state index in [9.17, 15) is 4.79 Å². The molecule has 1 fully saturated rings. The van der Waals surface area contributed by atoms with Crippen molar-refractivity contribution in [3.8, 4) is 0 Å². The van der Waals surface area contributed by atoms with Crippen molar-refractivity contribution < 1.29 is 4.79 Å². The van der Waals surface area contributed by atoms with Gasteiger partial charge in [0.1, 0.15) is 0 Å². The molecule has 1 aliphatic rings. The van der Waals surface area contributed by atoms with Crippen molar-refractivity contribution in [2.45, 2.75) is 45.6 Å². The van der Waals surface area contributed by atoms with Gasteiger partial charge in [0.25, 0.3) is 0 Å². The molecule has 14 heavy (non-hydrogen) atoms. The van der Waals surface area contributed by atoms with Gasteiger partial charge in [-0.15, -0.1) is 0 Å². The average Bonchev–Trinajstić information content (AvgIpc) is 2.10. The zero-order chi connectivity index (χ0) is 10.6. The van der Waals surface area contributed by atoms with Crippen LogP contribution in [0.1, 0.15) is 39.5 Å². The van der Waals surface area contributed by atoms with Gasteiger partial charge in [-0.1, -0.05) is 29.3 Å². The number of halogens is 1. The van der Waals surface area contributed by atoms with E-state index in [1.54, 1.807) is 0 Å². The van der Waals surface area contributed by atoms with Gasteiger partial charge in [0.2, 0.25) is 5.91 Å². The highest BCUT2D eigenvalue weighted by Crippen LogP contribution is 2.29. The first-order valence-electron chi connectivity index (χ1n) is 5.48. The minimum Gasteiger partial charge on any atom is -0.353 e. The van der Waals surface area contributed by atoms with Gasteiger partial charge in [-0.25, -0.2) is 0 Å². The molecule has 0 aliphatic heterocycles. The lowest BCUT2D eigenvalue weighted by atomic mass is 9.83. The van der Waals surface area contributed by atoms with Crippen LogP contribution in [0.2, 0.25) is 0 Å². The highest BCUT2D eigenvalue weighted by molar-refractivity contribution is 9.09. The minimum atomic E-state index is 0.231. The topological polar surface area (TPSA) is 29.1 Å². The summed E-state index contributed by atoms with van der Waals surface area (Å²) in [6.07, 6.45) is 4.54. The Balaban J connectivity index is 2.18. The Kier molecular flexibility index (Phi) is 4.93. The first kappa shape index (κ1) is 12.0. The molecule has 0 aromatic carbocycles. The molecule has 1 amide bonds. The van der Waals surface area contributed by atoms with E-state index in [1.807, 2.05) is 0 Å². The van der Waals surface area contributed by atoms with E-state index in [4.69, 9.17) is 0 Å². The second-order valence-corrected chi connectivity index (χ2v) is 5.14. The zero-order valence-corrected chi connectivity index (χ0v) is 10.6. The van der Waals surface area contributed by atoms with Gasteiger partial charge in [0.15, 0.2) is 0 Å². The van der Waals surface area contributed by atoms with Crippen LogP contribution in [-0.4, -0.2) is 17.3 Å². The molecule has 2 unspecified atom stereocenters. The third-order valence-corrected chi connectivity index (χ3v) is 4.21. The second-order valence-electron chi connectivity index (χ2n) is 4.49. The van der Waals surface area contributed by atoms with E-state index >= 15 is 0 Å². The maximum absolute atomic E-state index is 11.6. The lowest BCUT2D eigenvalue weighted by molar-refractivity contribution is -0.123. The van der Waals surface area contributed by atoms with Crippen LogP contribution in [0.3, 0.4) is 0 Å². The van der Waals surface area contributed by atoms with Gasteiger partial charge in [-0.05, 0) is 31.6 Å². The van der Waals surface area contributed by atoms with Crippen LogP contribution in [0.4, 0.5) is 0 Å². The number of carbonyl (C=O) groups excluding carboxylic acids is 1. The molecule has 0 radical (unpaired) electrons. The van der Waals surface area contributed by atoms with Crippen molar-refractivity contribution in [3.63, 3.8) is 0 Å². The first-order chi connectivity index (χ1) is 6.63. The third kappa shape index (κ3) is 3.60. The number of rotatable bonds is 5. The van der Waals surface area contributed by atoms with Crippen LogP contribution in [-0.2, 0) is 4.79 Å². The van der Waals surface area contributed by atoms with E-state index in [0.29, 0.717) is 11.8 Å². The maximum Gasteiger partial charge on any atom is 0.220 e. The molecule has 0 spiro atoms. The van der Waals surface area contributed by atoms with Crippen LogP contribution in [0.25, 0.3) is 0 Å². The molecule has 3 heteroatoms. The normalized spacial score (nSPS) is 21.1. The summed E-state index contributed by atoms with van der Waals surface area (Å²) in [4.78, 5) is 11.6.